The fourth-order valence-corrected chi connectivity index (χ4v) is 5.23. The van der Waals surface area contributed by atoms with Crippen LogP contribution in [0.3, 0.4) is 0 Å². The minimum atomic E-state index is -0.634. The lowest BCUT2D eigenvalue weighted by molar-refractivity contribution is -0.174. The quantitative estimate of drug-likeness (QED) is 0.740. The molecular weight excluding hydrogens is 392 g/mol. The topological polar surface area (TPSA) is 67.9 Å². The maximum Gasteiger partial charge on any atom is 0.311 e. The Balaban J connectivity index is 1.73. The summed E-state index contributed by atoms with van der Waals surface area (Å²) in [5, 5.41) is 5.17. The Morgan fingerprint density at radius 1 is 1.13 bits per heavy atom. The maximum atomic E-state index is 13.4. The largest absolute Gasteiger partial charge is 0.458 e. The third kappa shape index (κ3) is 4.12. The maximum absolute atomic E-state index is 13.4. The summed E-state index contributed by atoms with van der Waals surface area (Å²) in [6.45, 7) is 11.1. The van der Waals surface area contributed by atoms with E-state index in [4.69, 9.17) is 9.57 Å². The summed E-state index contributed by atoms with van der Waals surface area (Å²) in [6.07, 6.45) is 3.32. The van der Waals surface area contributed by atoms with E-state index < -0.39 is 23.0 Å². The highest BCUT2D eigenvalue weighted by Gasteiger charge is 2.57. The minimum Gasteiger partial charge on any atom is -0.458 e. The fraction of sp³-hybridized carbons (Fsp3) is 0.680. The number of hydroxylamine groups is 2. The SMILES string of the molecule is CON1CCC2(CC1)NC(=O)C(c1c(C)cc(C3CC3)cc1C)C2OC(=O)C(C)(C)C. The van der Waals surface area contributed by atoms with Crippen LogP contribution >= 0.6 is 0 Å². The Hall–Kier alpha value is -1.92. The zero-order valence-corrected chi connectivity index (χ0v) is 19.7. The molecular formula is C25H36N2O4. The van der Waals surface area contributed by atoms with Crippen LogP contribution in [0.5, 0.6) is 0 Å². The van der Waals surface area contributed by atoms with Gasteiger partial charge in [-0.3, -0.25) is 9.59 Å². The summed E-state index contributed by atoms with van der Waals surface area (Å²) in [6, 6.07) is 4.46. The van der Waals surface area contributed by atoms with E-state index in [-0.39, 0.29) is 11.9 Å². The molecule has 1 N–H and O–H groups in total. The molecule has 1 aromatic carbocycles. The van der Waals surface area contributed by atoms with E-state index in [1.807, 2.05) is 25.8 Å². The number of aryl methyl sites for hydroxylation is 2. The van der Waals surface area contributed by atoms with Crippen molar-refractivity contribution in [3.63, 3.8) is 0 Å². The second-order valence-corrected chi connectivity index (χ2v) is 10.7. The molecule has 3 fully saturated rings. The molecule has 2 saturated heterocycles. The highest BCUT2D eigenvalue weighted by Crippen LogP contribution is 2.46. The number of piperidine rings is 1. The van der Waals surface area contributed by atoms with Gasteiger partial charge in [-0.2, -0.15) is 5.06 Å². The number of amides is 1. The molecule has 1 saturated carbocycles. The van der Waals surface area contributed by atoms with Gasteiger partial charge in [-0.1, -0.05) is 12.1 Å². The van der Waals surface area contributed by atoms with Crippen molar-refractivity contribution in [1.82, 2.24) is 10.4 Å². The summed E-state index contributed by atoms with van der Waals surface area (Å²) in [5.41, 5.74) is 3.41. The number of carbonyl (C=O) groups is 2. The van der Waals surface area contributed by atoms with Gasteiger partial charge in [0.2, 0.25) is 5.91 Å². The van der Waals surface area contributed by atoms with Gasteiger partial charge in [0.1, 0.15) is 12.0 Å². The summed E-state index contributed by atoms with van der Waals surface area (Å²) < 4.78 is 6.19. The number of hydrogen-bond donors (Lipinski definition) is 1. The molecule has 1 aliphatic carbocycles. The normalized spacial score (nSPS) is 26.2. The number of esters is 1. The Morgan fingerprint density at radius 3 is 2.19 bits per heavy atom. The van der Waals surface area contributed by atoms with E-state index in [1.165, 1.54) is 18.4 Å². The second-order valence-electron chi connectivity index (χ2n) is 10.7. The Bertz CT molecular complexity index is 853. The zero-order valence-electron chi connectivity index (χ0n) is 19.7. The van der Waals surface area contributed by atoms with Crippen LogP contribution in [0.4, 0.5) is 0 Å². The first-order chi connectivity index (χ1) is 14.6. The van der Waals surface area contributed by atoms with Crippen LogP contribution < -0.4 is 5.32 Å². The first kappa shape index (κ1) is 22.3. The Labute approximate surface area is 185 Å². The lowest BCUT2D eigenvalue weighted by atomic mass is 9.77. The van der Waals surface area contributed by atoms with E-state index in [1.54, 1.807) is 7.11 Å². The molecule has 3 aliphatic rings. The van der Waals surface area contributed by atoms with Crippen molar-refractivity contribution in [3.8, 4) is 0 Å². The molecule has 6 nitrogen and oxygen atoms in total. The summed E-state index contributed by atoms with van der Waals surface area (Å²) in [4.78, 5) is 31.8. The molecule has 0 radical (unpaired) electrons. The number of ether oxygens (including phenoxy) is 1. The van der Waals surface area contributed by atoms with Crippen molar-refractivity contribution in [2.75, 3.05) is 20.2 Å². The van der Waals surface area contributed by atoms with E-state index in [0.717, 1.165) is 16.7 Å². The van der Waals surface area contributed by atoms with Crippen molar-refractivity contribution in [1.29, 1.82) is 0 Å². The van der Waals surface area contributed by atoms with E-state index in [2.05, 4.69) is 31.3 Å². The van der Waals surface area contributed by atoms with Crippen LogP contribution in [0.2, 0.25) is 0 Å². The molecule has 2 unspecified atom stereocenters. The number of rotatable bonds is 4. The predicted molar refractivity (Wildman–Crippen MR) is 119 cm³/mol. The van der Waals surface area contributed by atoms with Crippen LogP contribution in [0, 0.1) is 19.3 Å². The van der Waals surface area contributed by atoms with E-state index in [9.17, 15) is 9.59 Å². The number of nitrogens with one attached hydrogen (secondary N) is 1. The summed E-state index contributed by atoms with van der Waals surface area (Å²) in [5.74, 6) is -0.142. The number of hydrogen-bond acceptors (Lipinski definition) is 5. The standard InChI is InChI=1S/C25H36N2O4/c1-15-13-18(17-7-8-17)14-16(2)19(15)20-21(31-23(29)24(3,4)5)25(26-22(20)28)9-11-27(30-6)12-10-25/h13-14,17,20-21H,7-12H2,1-6H3,(H,26,28). The summed E-state index contributed by atoms with van der Waals surface area (Å²) in [7, 11) is 1.67. The van der Waals surface area contributed by atoms with Gasteiger partial charge in [0.05, 0.1) is 18.1 Å². The molecule has 1 aromatic rings. The zero-order chi connectivity index (χ0) is 22.6. The molecule has 1 amide bonds. The number of nitrogens with zero attached hydrogens (tertiary/aromatic N) is 1. The van der Waals surface area contributed by atoms with Gasteiger partial charge in [0.25, 0.3) is 0 Å². The monoisotopic (exact) mass is 428 g/mol. The molecule has 31 heavy (non-hydrogen) atoms. The van der Waals surface area contributed by atoms with Crippen LogP contribution in [-0.2, 0) is 19.2 Å². The molecule has 4 rings (SSSR count). The average molecular weight is 429 g/mol. The van der Waals surface area contributed by atoms with Gasteiger partial charge in [0.15, 0.2) is 0 Å². The molecule has 1 spiro atoms. The molecule has 2 heterocycles. The van der Waals surface area contributed by atoms with E-state index >= 15 is 0 Å². The lowest BCUT2D eigenvalue weighted by Crippen LogP contribution is -2.57. The third-order valence-corrected chi connectivity index (χ3v) is 7.20. The summed E-state index contributed by atoms with van der Waals surface area (Å²) >= 11 is 0. The highest BCUT2D eigenvalue weighted by atomic mass is 16.7. The van der Waals surface area contributed by atoms with Gasteiger partial charge >= 0.3 is 5.97 Å². The number of benzene rings is 1. The van der Waals surface area contributed by atoms with E-state index in [0.29, 0.717) is 31.8 Å². The molecule has 6 heteroatoms. The van der Waals surface area contributed by atoms with Crippen LogP contribution in [0.25, 0.3) is 0 Å². The van der Waals surface area contributed by atoms with Gasteiger partial charge < -0.3 is 14.9 Å². The van der Waals surface area contributed by atoms with Crippen LogP contribution in [-0.4, -0.2) is 48.8 Å². The van der Waals surface area contributed by atoms with Crippen LogP contribution in [0.1, 0.15) is 80.5 Å². The predicted octanol–water partition coefficient (Wildman–Crippen LogP) is 3.75. The minimum absolute atomic E-state index is 0.0389. The van der Waals surface area contributed by atoms with Gasteiger partial charge in [-0.05, 0) is 88.5 Å². The molecule has 2 aliphatic heterocycles. The molecule has 2 atom stereocenters. The third-order valence-electron chi connectivity index (χ3n) is 7.20. The first-order valence-corrected chi connectivity index (χ1v) is 11.5. The van der Waals surface area contributed by atoms with Gasteiger partial charge in [-0.15, -0.1) is 0 Å². The molecule has 0 aromatic heterocycles. The van der Waals surface area contributed by atoms with Crippen molar-refractivity contribution in [2.45, 2.75) is 83.8 Å². The van der Waals surface area contributed by atoms with Crippen molar-refractivity contribution in [3.05, 3.63) is 34.4 Å². The van der Waals surface area contributed by atoms with Crippen molar-refractivity contribution >= 4 is 11.9 Å². The second kappa shape index (κ2) is 7.89. The van der Waals surface area contributed by atoms with Gasteiger partial charge in [0, 0.05) is 13.1 Å². The van der Waals surface area contributed by atoms with Gasteiger partial charge in [-0.25, -0.2) is 0 Å². The molecule has 170 valence electrons. The van der Waals surface area contributed by atoms with Crippen LogP contribution in [0.15, 0.2) is 12.1 Å². The lowest BCUT2D eigenvalue weighted by Gasteiger charge is -2.42. The Morgan fingerprint density at radius 2 is 1.71 bits per heavy atom. The smallest absolute Gasteiger partial charge is 0.311 e. The molecule has 0 bridgehead atoms. The average Bonchev–Trinajstić information content (AvgIpc) is 3.50. The van der Waals surface area contributed by atoms with Crippen molar-refractivity contribution < 1.29 is 19.2 Å². The highest BCUT2D eigenvalue weighted by molar-refractivity contribution is 5.90. The van der Waals surface area contributed by atoms with Crippen molar-refractivity contribution in [2.24, 2.45) is 5.41 Å². The number of carbonyl (C=O) groups excluding carboxylic acids is 2. The Kier molecular flexibility index (Phi) is 5.67. The fourth-order valence-electron chi connectivity index (χ4n) is 5.23. The first-order valence-electron chi connectivity index (χ1n) is 11.5.